The van der Waals surface area contributed by atoms with Crippen molar-refractivity contribution in [2.45, 2.75) is 19.4 Å². The average molecular weight is 199 g/mol. The fraction of sp³-hybridized carbons (Fsp3) is 0.500. The molecule has 0 fully saturated rings. The maximum absolute atomic E-state index is 5.50. The number of hydrogen-bond donors (Lipinski definition) is 1. The highest BCUT2D eigenvalue weighted by Gasteiger charge is 1.98. The molecule has 0 bridgehead atoms. The number of nitrogens with zero attached hydrogens (tertiary/aromatic N) is 1. The van der Waals surface area contributed by atoms with Crippen LogP contribution in [0.15, 0.2) is 17.1 Å². The summed E-state index contributed by atoms with van der Waals surface area (Å²) in [4.78, 5) is 3.91. The van der Waals surface area contributed by atoms with E-state index >= 15 is 0 Å². The number of oxazole rings is 1. The van der Waals surface area contributed by atoms with Crippen LogP contribution in [0.25, 0.3) is 0 Å². The van der Waals surface area contributed by atoms with Crippen LogP contribution in [-0.2, 0) is 6.42 Å². The zero-order valence-electron chi connectivity index (χ0n) is 6.19. The first-order valence-corrected chi connectivity index (χ1v) is 2.91. The second kappa shape index (κ2) is 6.46. The van der Waals surface area contributed by atoms with Gasteiger partial charge in [-0.25, -0.2) is 4.98 Å². The molecule has 11 heavy (non-hydrogen) atoms. The molecule has 0 radical (unpaired) electrons. The summed E-state index contributed by atoms with van der Waals surface area (Å²) in [6, 6.07) is 0.162. The molecule has 0 aliphatic rings. The van der Waals surface area contributed by atoms with Crippen LogP contribution in [0, 0.1) is 0 Å². The Hall–Kier alpha value is -0.250. The summed E-state index contributed by atoms with van der Waals surface area (Å²) in [5.41, 5.74) is 6.42. The van der Waals surface area contributed by atoms with Gasteiger partial charge in [-0.2, -0.15) is 0 Å². The van der Waals surface area contributed by atoms with Crippen molar-refractivity contribution >= 4 is 24.8 Å². The Morgan fingerprint density at radius 1 is 1.64 bits per heavy atom. The fourth-order valence-electron chi connectivity index (χ4n) is 0.668. The highest BCUT2D eigenvalue weighted by molar-refractivity contribution is 5.85. The lowest BCUT2D eigenvalue weighted by atomic mass is 10.2. The summed E-state index contributed by atoms with van der Waals surface area (Å²) in [6.45, 7) is 1.94. The number of nitrogens with two attached hydrogens (primary N) is 1. The number of rotatable bonds is 2. The zero-order valence-corrected chi connectivity index (χ0v) is 7.82. The fourth-order valence-corrected chi connectivity index (χ4v) is 0.668. The van der Waals surface area contributed by atoms with Crippen LogP contribution in [-0.4, -0.2) is 11.0 Å². The third kappa shape index (κ3) is 5.07. The molecule has 0 aliphatic carbocycles. The molecule has 5 heteroatoms. The van der Waals surface area contributed by atoms with Crippen molar-refractivity contribution in [2.24, 2.45) is 5.73 Å². The molecule has 0 aromatic carbocycles. The van der Waals surface area contributed by atoms with Crippen molar-refractivity contribution in [3.05, 3.63) is 18.4 Å². The van der Waals surface area contributed by atoms with E-state index in [2.05, 4.69) is 4.98 Å². The van der Waals surface area contributed by atoms with Gasteiger partial charge in [0.2, 0.25) is 0 Å². The van der Waals surface area contributed by atoms with Gasteiger partial charge in [0.15, 0.2) is 6.39 Å². The SMILES string of the molecule is CC(N)Cc1cocn1.Cl.Cl. The first-order valence-electron chi connectivity index (χ1n) is 2.91. The lowest BCUT2D eigenvalue weighted by molar-refractivity contribution is 0.555. The van der Waals surface area contributed by atoms with Gasteiger partial charge in [0.1, 0.15) is 6.26 Å². The minimum absolute atomic E-state index is 0. The molecule has 0 saturated carbocycles. The highest BCUT2D eigenvalue weighted by Crippen LogP contribution is 1.96. The normalized spacial score (nSPS) is 11.1. The van der Waals surface area contributed by atoms with Crippen molar-refractivity contribution in [2.75, 3.05) is 0 Å². The van der Waals surface area contributed by atoms with Crippen molar-refractivity contribution in [1.82, 2.24) is 4.98 Å². The largest absolute Gasteiger partial charge is 0.451 e. The van der Waals surface area contributed by atoms with E-state index in [9.17, 15) is 0 Å². The second-order valence-electron chi connectivity index (χ2n) is 2.16. The van der Waals surface area contributed by atoms with Crippen molar-refractivity contribution in [3.63, 3.8) is 0 Å². The Labute approximate surface area is 78.2 Å². The predicted octanol–water partition coefficient (Wildman–Crippen LogP) is 1.41. The molecule has 3 nitrogen and oxygen atoms in total. The molecule has 66 valence electrons. The molecular formula is C6H12Cl2N2O. The van der Waals surface area contributed by atoms with E-state index in [4.69, 9.17) is 10.2 Å². The summed E-state index contributed by atoms with van der Waals surface area (Å²) in [7, 11) is 0. The second-order valence-corrected chi connectivity index (χ2v) is 2.16. The average Bonchev–Trinajstić information content (AvgIpc) is 2.15. The quantitative estimate of drug-likeness (QED) is 0.783. The van der Waals surface area contributed by atoms with Crippen LogP contribution in [0.3, 0.4) is 0 Å². The van der Waals surface area contributed by atoms with Crippen LogP contribution in [0.4, 0.5) is 0 Å². The monoisotopic (exact) mass is 198 g/mol. The smallest absolute Gasteiger partial charge is 0.180 e. The molecule has 1 aromatic rings. The Kier molecular flexibility index (Phi) is 7.84. The molecule has 1 atom stereocenters. The first-order chi connectivity index (χ1) is 4.29. The van der Waals surface area contributed by atoms with Crippen LogP contribution < -0.4 is 5.73 Å². The van der Waals surface area contributed by atoms with E-state index in [-0.39, 0.29) is 30.9 Å². The van der Waals surface area contributed by atoms with Crippen molar-refractivity contribution < 1.29 is 4.42 Å². The highest BCUT2D eigenvalue weighted by atomic mass is 35.5. The Morgan fingerprint density at radius 2 is 2.27 bits per heavy atom. The summed E-state index contributed by atoms with van der Waals surface area (Å²) in [5.74, 6) is 0. The van der Waals surface area contributed by atoms with Gasteiger partial charge < -0.3 is 10.2 Å². The Balaban J connectivity index is 0. The number of halogens is 2. The molecule has 1 rings (SSSR count). The standard InChI is InChI=1S/C6H10N2O.2ClH/c1-5(7)2-6-3-9-4-8-6;;/h3-5H,2,7H2,1H3;2*1H. The lowest BCUT2D eigenvalue weighted by Gasteiger charge is -1.97. The Bertz CT molecular complexity index is 165. The lowest BCUT2D eigenvalue weighted by Crippen LogP contribution is -2.17. The van der Waals surface area contributed by atoms with E-state index in [1.807, 2.05) is 6.92 Å². The zero-order chi connectivity index (χ0) is 6.69. The van der Waals surface area contributed by atoms with E-state index in [0.29, 0.717) is 0 Å². The van der Waals surface area contributed by atoms with Gasteiger partial charge in [-0.1, -0.05) is 0 Å². The molecule has 0 spiro atoms. The maximum Gasteiger partial charge on any atom is 0.180 e. The minimum Gasteiger partial charge on any atom is -0.451 e. The van der Waals surface area contributed by atoms with E-state index in [0.717, 1.165) is 12.1 Å². The molecule has 2 N–H and O–H groups in total. The molecule has 0 aliphatic heterocycles. The Morgan fingerprint density at radius 3 is 2.64 bits per heavy atom. The first kappa shape index (κ1) is 13.3. The van der Waals surface area contributed by atoms with Crippen LogP contribution >= 0.6 is 24.8 Å². The molecule has 1 unspecified atom stereocenters. The van der Waals surface area contributed by atoms with Crippen LogP contribution in [0.1, 0.15) is 12.6 Å². The number of hydrogen-bond acceptors (Lipinski definition) is 3. The van der Waals surface area contributed by atoms with Gasteiger partial charge in [0, 0.05) is 12.5 Å². The van der Waals surface area contributed by atoms with Gasteiger partial charge in [0.05, 0.1) is 5.69 Å². The van der Waals surface area contributed by atoms with E-state index in [1.54, 1.807) is 6.26 Å². The third-order valence-electron chi connectivity index (χ3n) is 1.01. The minimum atomic E-state index is 0. The van der Waals surface area contributed by atoms with E-state index < -0.39 is 0 Å². The maximum atomic E-state index is 5.50. The van der Waals surface area contributed by atoms with Gasteiger partial charge in [-0.3, -0.25) is 0 Å². The van der Waals surface area contributed by atoms with Crippen LogP contribution in [0.2, 0.25) is 0 Å². The summed E-state index contributed by atoms with van der Waals surface area (Å²) in [6.07, 6.45) is 3.82. The molecule has 1 heterocycles. The topological polar surface area (TPSA) is 52.0 Å². The number of aromatic nitrogens is 1. The summed E-state index contributed by atoms with van der Waals surface area (Å²) in [5, 5.41) is 0. The van der Waals surface area contributed by atoms with E-state index in [1.165, 1.54) is 6.39 Å². The molecular weight excluding hydrogens is 187 g/mol. The summed E-state index contributed by atoms with van der Waals surface area (Å²) >= 11 is 0. The van der Waals surface area contributed by atoms with Gasteiger partial charge in [-0.05, 0) is 6.92 Å². The van der Waals surface area contributed by atoms with Crippen molar-refractivity contribution in [3.8, 4) is 0 Å². The van der Waals surface area contributed by atoms with Gasteiger partial charge >= 0.3 is 0 Å². The molecule has 0 amide bonds. The molecule has 1 aromatic heterocycles. The third-order valence-corrected chi connectivity index (χ3v) is 1.01. The molecule has 0 saturated heterocycles. The van der Waals surface area contributed by atoms with Crippen molar-refractivity contribution in [1.29, 1.82) is 0 Å². The van der Waals surface area contributed by atoms with Gasteiger partial charge in [-0.15, -0.1) is 24.8 Å². The van der Waals surface area contributed by atoms with Gasteiger partial charge in [0.25, 0.3) is 0 Å². The predicted molar refractivity (Wildman–Crippen MR) is 48.4 cm³/mol. The van der Waals surface area contributed by atoms with Crippen LogP contribution in [0.5, 0.6) is 0 Å². The summed E-state index contributed by atoms with van der Waals surface area (Å²) < 4.78 is 4.75.